The molecule has 0 radical (unpaired) electrons. The Bertz CT molecular complexity index is 2570. The Morgan fingerprint density at radius 2 is 0.977 bits per heavy atom. The fourth-order valence-electron chi connectivity index (χ4n) is 6.79. The molecule has 0 fully saturated rings. The van der Waals surface area contributed by atoms with Crippen LogP contribution in [0.2, 0.25) is 0 Å². The van der Waals surface area contributed by atoms with Crippen LogP contribution >= 0.6 is 0 Å². The van der Waals surface area contributed by atoms with E-state index in [1.54, 1.807) is 0 Å². The van der Waals surface area contributed by atoms with Crippen LogP contribution in [-0.4, -0.2) is 14.1 Å². The number of fused-ring (bicyclic) bond motifs is 8. The largest absolute Gasteiger partial charge is 0.321 e. The Morgan fingerprint density at radius 3 is 1.70 bits per heavy atom. The van der Waals surface area contributed by atoms with Crippen molar-refractivity contribution < 1.29 is 0 Å². The van der Waals surface area contributed by atoms with Crippen molar-refractivity contribution in [1.82, 2.24) is 14.1 Å². The van der Waals surface area contributed by atoms with E-state index in [4.69, 9.17) is 0 Å². The molecule has 3 heterocycles. The lowest BCUT2D eigenvalue weighted by Gasteiger charge is -2.10. The summed E-state index contributed by atoms with van der Waals surface area (Å²) in [5, 5.41) is 5.09. The Hall–Kier alpha value is -5.87. The molecule has 202 valence electrons. The average Bonchev–Trinajstić information content (AvgIpc) is 3.59. The normalized spacial score (nSPS) is 11.8. The van der Waals surface area contributed by atoms with Crippen molar-refractivity contribution in [2.75, 3.05) is 0 Å². The van der Waals surface area contributed by atoms with Crippen molar-refractivity contribution in [2.45, 2.75) is 0 Å². The van der Waals surface area contributed by atoms with Crippen LogP contribution in [0.1, 0.15) is 0 Å². The van der Waals surface area contributed by atoms with Gasteiger partial charge in [-0.1, -0.05) is 84.9 Å². The molecular formula is C39H25N3O. The highest BCUT2D eigenvalue weighted by atomic mass is 16.1. The van der Waals surface area contributed by atoms with E-state index in [0.29, 0.717) is 5.39 Å². The minimum Gasteiger partial charge on any atom is -0.321 e. The molecule has 4 heteroatoms. The molecule has 0 aliphatic heterocycles. The minimum absolute atomic E-state index is 0.0769. The summed E-state index contributed by atoms with van der Waals surface area (Å²) in [6.45, 7) is 0. The van der Waals surface area contributed by atoms with Gasteiger partial charge in [0, 0.05) is 32.9 Å². The Kier molecular flexibility index (Phi) is 5.02. The van der Waals surface area contributed by atoms with Crippen LogP contribution in [0.15, 0.2) is 150 Å². The molecule has 0 saturated carbocycles. The zero-order valence-electron chi connectivity index (χ0n) is 23.2. The highest BCUT2D eigenvalue weighted by Crippen LogP contribution is 2.38. The maximum atomic E-state index is 13.7. The van der Waals surface area contributed by atoms with Gasteiger partial charge >= 0.3 is 0 Å². The summed E-state index contributed by atoms with van der Waals surface area (Å²) in [7, 11) is 0. The number of aromatic nitrogens is 3. The molecule has 9 rings (SSSR count). The summed E-state index contributed by atoms with van der Waals surface area (Å²) in [5.41, 5.74) is 9.40. The minimum atomic E-state index is -0.0769. The van der Waals surface area contributed by atoms with Crippen molar-refractivity contribution in [3.05, 3.63) is 156 Å². The third-order valence-electron chi connectivity index (χ3n) is 8.66. The molecule has 0 bridgehead atoms. The molecule has 0 amide bonds. The first-order valence-corrected chi connectivity index (χ1v) is 14.5. The number of hydrogen-bond acceptors (Lipinski definition) is 1. The zero-order chi connectivity index (χ0) is 28.5. The first kappa shape index (κ1) is 23.8. The second-order valence-corrected chi connectivity index (χ2v) is 11.0. The average molecular weight is 552 g/mol. The predicted molar refractivity (Wildman–Crippen MR) is 179 cm³/mol. The second-order valence-electron chi connectivity index (χ2n) is 11.0. The predicted octanol–water partition coefficient (Wildman–Crippen LogP) is 9.39. The van der Waals surface area contributed by atoms with Crippen molar-refractivity contribution in [3.8, 4) is 22.5 Å². The molecule has 0 aliphatic carbocycles. The number of rotatable bonds is 3. The van der Waals surface area contributed by atoms with Gasteiger partial charge in [-0.2, -0.15) is 0 Å². The van der Waals surface area contributed by atoms with E-state index >= 15 is 0 Å². The van der Waals surface area contributed by atoms with E-state index in [1.807, 2.05) is 42.5 Å². The maximum Gasteiger partial charge on any atom is 0.258 e. The smallest absolute Gasteiger partial charge is 0.258 e. The highest BCUT2D eigenvalue weighted by Gasteiger charge is 2.19. The van der Waals surface area contributed by atoms with Crippen LogP contribution in [0.3, 0.4) is 0 Å². The molecule has 0 unspecified atom stereocenters. The summed E-state index contributed by atoms with van der Waals surface area (Å²) in [5.74, 6) is 0. The lowest BCUT2D eigenvalue weighted by molar-refractivity contribution is 1.18. The number of H-pyrrole nitrogens is 1. The van der Waals surface area contributed by atoms with E-state index < -0.39 is 0 Å². The number of benzene rings is 6. The standard InChI is InChI=1S/C39H25N3O/c43-39-37-32-24-26(20-22-36(32)42(28-13-5-2-6-14-28)38(37)30-16-7-9-17-33(30)40-39)25-19-21-35-31(23-25)29-15-8-10-18-34(29)41(35)27-11-3-1-4-12-27/h1-24H,(H,40,43). The van der Waals surface area contributed by atoms with Crippen LogP contribution in [-0.2, 0) is 0 Å². The van der Waals surface area contributed by atoms with E-state index in [0.717, 1.165) is 49.8 Å². The van der Waals surface area contributed by atoms with Crippen molar-refractivity contribution in [3.63, 3.8) is 0 Å². The highest BCUT2D eigenvalue weighted by molar-refractivity contribution is 6.18. The van der Waals surface area contributed by atoms with Crippen molar-refractivity contribution in [2.24, 2.45) is 0 Å². The monoisotopic (exact) mass is 551 g/mol. The number of pyridine rings is 1. The first-order valence-electron chi connectivity index (χ1n) is 14.5. The quantitative estimate of drug-likeness (QED) is 0.234. The molecule has 6 aromatic carbocycles. The van der Waals surface area contributed by atoms with Gasteiger partial charge in [0.05, 0.1) is 33.0 Å². The molecule has 0 atom stereocenters. The Morgan fingerprint density at radius 1 is 0.442 bits per heavy atom. The van der Waals surface area contributed by atoms with Crippen LogP contribution < -0.4 is 5.56 Å². The summed E-state index contributed by atoms with van der Waals surface area (Å²) in [6.07, 6.45) is 0. The van der Waals surface area contributed by atoms with Gasteiger partial charge in [0.2, 0.25) is 0 Å². The van der Waals surface area contributed by atoms with Gasteiger partial charge < -0.3 is 14.1 Å². The zero-order valence-corrected chi connectivity index (χ0v) is 23.2. The Balaban J connectivity index is 1.33. The summed E-state index contributed by atoms with van der Waals surface area (Å²) in [6, 6.07) is 50.6. The van der Waals surface area contributed by atoms with Gasteiger partial charge in [-0.3, -0.25) is 4.79 Å². The lowest BCUT2D eigenvalue weighted by Crippen LogP contribution is -2.06. The fourth-order valence-corrected chi connectivity index (χ4v) is 6.79. The number of nitrogens with one attached hydrogen (secondary N) is 1. The molecule has 1 N–H and O–H groups in total. The number of aromatic amines is 1. The molecule has 3 aromatic heterocycles. The van der Waals surface area contributed by atoms with Crippen LogP contribution in [0, 0.1) is 0 Å². The third kappa shape index (κ3) is 3.47. The van der Waals surface area contributed by atoms with Crippen molar-refractivity contribution >= 4 is 54.5 Å². The van der Waals surface area contributed by atoms with E-state index in [9.17, 15) is 4.79 Å². The third-order valence-corrected chi connectivity index (χ3v) is 8.66. The maximum absolute atomic E-state index is 13.7. The SMILES string of the molecule is O=c1[nH]c2ccccc2c2c1c1cc(-c3ccc4c(c3)c3ccccc3n4-c3ccccc3)ccc1n2-c1ccccc1. The summed E-state index contributed by atoms with van der Waals surface area (Å²) >= 11 is 0. The molecule has 0 saturated heterocycles. The van der Waals surface area contributed by atoms with E-state index in [-0.39, 0.29) is 5.56 Å². The molecular weight excluding hydrogens is 526 g/mol. The van der Waals surface area contributed by atoms with Gasteiger partial charge in [-0.25, -0.2) is 0 Å². The molecule has 0 spiro atoms. The molecule has 9 aromatic rings. The number of hydrogen-bond donors (Lipinski definition) is 1. The van der Waals surface area contributed by atoms with Gasteiger partial charge in [-0.15, -0.1) is 0 Å². The molecule has 4 nitrogen and oxygen atoms in total. The molecule has 0 aliphatic rings. The molecule has 43 heavy (non-hydrogen) atoms. The van der Waals surface area contributed by atoms with Crippen LogP contribution in [0.5, 0.6) is 0 Å². The van der Waals surface area contributed by atoms with Gasteiger partial charge in [0.1, 0.15) is 0 Å². The number of nitrogens with zero attached hydrogens (tertiary/aromatic N) is 2. The van der Waals surface area contributed by atoms with Gasteiger partial charge in [-0.05, 0) is 71.8 Å². The van der Waals surface area contributed by atoms with Gasteiger partial charge in [0.25, 0.3) is 5.56 Å². The summed E-state index contributed by atoms with van der Waals surface area (Å²) < 4.78 is 4.55. The van der Waals surface area contributed by atoms with Crippen LogP contribution in [0.25, 0.3) is 77.0 Å². The van der Waals surface area contributed by atoms with E-state index in [2.05, 4.69) is 117 Å². The Labute approximate surface area is 246 Å². The lowest BCUT2D eigenvalue weighted by atomic mass is 10.0. The van der Waals surface area contributed by atoms with Gasteiger partial charge in [0.15, 0.2) is 0 Å². The summed E-state index contributed by atoms with van der Waals surface area (Å²) in [4.78, 5) is 16.8. The van der Waals surface area contributed by atoms with E-state index in [1.165, 1.54) is 21.8 Å². The topological polar surface area (TPSA) is 42.7 Å². The van der Waals surface area contributed by atoms with Crippen molar-refractivity contribution in [1.29, 1.82) is 0 Å². The second kappa shape index (κ2) is 9.07. The fraction of sp³-hybridized carbons (Fsp3) is 0. The van der Waals surface area contributed by atoms with Crippen LogP contribution in [0.4, 0.5) is 0 Å². The first-order chi connectivity index (χ1) is 21.3. The number of para-hydroxylation sites is 4.